The van der Waals surface area contributed by atoms with Gasteiger partial charge >= 0.3 is 0 Å². The molecule has 1 fully saturated rings. The van der Waals surface area contributed by atoms with E-state index in [1.54, 1.807) is 7.11 Å². The molecule has 1 aromatic carbocycles. The molecule has 1 aliphatic heterocycles. The Labute approximate surface area is 117 Å². The smallest absolute Gasteiger partial charge is 0.118 e. The molecule has 1 aromatic rings. The van der Waals surface area contributed by atoms with E-state index in [1.165, 1.54) is 38.2 Å². The van der Waals surface area contributed by atoms with Crippen molar-refractivity contribution in [3.8, 4) is 5.75 Å². The quantitative estimate of drug-likeness (QED) is 0.811. The largest absolute Gasteiger partial charge is 0.497 e. The Bertz CT molecular complexity index is 369. The molecule has 106 valence electrons. The molecule has 0 aromatic heterocycles. The molecule has 0 radical (unpaired) electrons. The van der Waals surface area contributed by atoms with Crippen molar-refractivity contribution in [2.24, 2.45) is 0 Å². The molecule has 1 aliphatic rings. The number of nitrogens with zero attached hydrogens (tertiary/aromatic N) is 2. The monoisotopic (exact) mass is 262 g/mol. The maximum Gasteiger partial charge on any atom is 0.118 e. The van der Waals surface area contributed by atoms with Crippen molar-refractivity contribution in [3.63, 3.8) is 0 Å². The summed E-state index contributed by atoms with van der Waals surface area (Å²) in [6, 6.07) is 9.15. The minimum Gasteiger partial charge on any atom is -0.497 e. The molecule has 1 atom stereocenters. The third kappa shape index (κ3) is 3.95. The van der Waals surface area contributed by atoms with Gasteiger partial charge in [0.05, 0.1) is 7.11 Å². The van der Waals surface area contributed by atoms with Crippen LogP contribution in [-0.2, 0) is 6.54 Å². The zero-order valence-electron chi connectivity index (χ0n) is 12.4. The second-order valence-corrected chi connectivity index (χ2v) is 5.42. The second-order valence-electron chi connectivity index (χ2n) is 5.42. The lowest BCUT2D eigenvalue weighted by Crippen LogP contribution is -2.48. The summed E-state index contributed by atoms with van der Waals surface area (Å²) in [4.78, 5) is 5.14. The van der Waals surface area contributed by atoms with Crippen LogP contribution in [0, 0.1) is 0 Å². The lowest BCUT2D eigenvalue weighted by Gasteiger charge is -2.37. The van der Waals surface area contributed by atoms with E-state index in [-0.39, 0.29) is 0 Å². The topological polar surface area (TPSA) is 15.7 Å². The summed E-state index contributed by atoms with van der Waals surface area (Å²) in [5, 5.41) is 0. The molecule has 2 rings (SSSR count). The van der Waals surface area contributed by atoms with Gasteiger partial charge in [0.25, 0.3) is 0 Å². The highest BCUT2D eigenvalue weighted by Gasteiger charge is 2.19. The van der Waals surface area contributed by atoms with Crippen LogP contribution in [0.3, 0.4) is 0 Å². The maximum absolute atomic E-state index is 5.19. The minimum absolute atomic E-state index is 0.725. The molecule has 19 heavy (non-hydrogen) atoms. The van der Waals surface area contributed by atoms with E-state index in [0.717, 1.165) is 18.3 Å². The van der Waals surface area contributed by atoms with Crippen molar-refractivity contribution < 1.29 is 4.74 Å². The molecule has 1 heterocycles. The summed E-state index contributed by atoms with van der Waals surface area (Å²) in [6.07, 6.45) is 1.25. The van der Waals surface area contributed by atoms with Crippen LogP contribution >= 0.6 is 0 Å². The number of benzene rings is 1. The van der Waals surface area contributed by atoms with Crippen molar-refractivity contribution in [2.75, 3.05) is 33.3 Å². The Kier molecular flexibility index (Phi) is 5.23. The van der Waals surface area contributed by atoms with E-state index < -0.39 is 0 Å². The average molecular weight is 262 g/mol. The number of ether oxygens (including phenoxy) is 1. The molecule has 0 N–H and O–H groups in total. The zero-order chi connectivity index (χ0) is 13.7. The van der Waals surface area contributed by atoms with Crippen molar-refractivity contribution in [1.29, 1.82) is 0 Å². The normalized spacial score (nSPS) is 19.3. The highest BCUT2D eigenvalue weighted by atomic mass is 16.5. The fraction of sp³-hybridized carbons (Fsp3) is 0.625. The van der Waals surface area contributed by atoms with Crippen LogP contribution in [0.25, 0.3) is 0 Å². The van der Waals surface area contributed by atoms with Gasteiger partial charge in [0.1, 0.15) is 5.75 Å². The van der Waals surface area contributed by atoms with Crippen molar-refractivity contribution >= 4 is 0 Å². The average Bonchev–Trinajstić information content (AvgIpc) is 2.48. The Morgan fingerprint density at radius 2 is 1.74 bits per heavy atom. The first-order chi connectivity index (χ1) is 9.22. The summed E-state index contributed by atoms with van der Waals surface area (Å²) in [7, 11) is 1.71. The van der Waals surface area contributed by atoms with Crippen LogP contribution in [0.4, 0.5) is 0 Å². The molecule has 0 saturated carbocycles. The summed E-state index contributed by atoms with van der Waals surface area (Å²) >= 11 is 0. The van der Waals surface area contributed by atoms with Gasteiger partial charge in [-0.3, -0.25) is 9.80 Å². The van der Waals surface area contributed by atoms with Gasteiger partial charge in [-0.2, -0.15) is 0 Å². The van der Waals surface area contributed by atoms with Gasteiger partial charge in [0.15, 0.2) is 0 Å². The second kappa shape index (κ2) is 6.92. The summed E-state index contributed by atoms with van der Waals surface area (Å²) in [6.45, 7) is 10.4. The van der Waals surface area contributed by atoms with E-state index in [9.17, 15) is 0 Å². The van der Waals surface area contributed by atoms with Crippen LogP contribution in [0.5, 0.6) is 5.75 Å². The molecule has 0 bridgehead atoms. The van der Waals surface area contributed by atoms with Gasteiger partial charge in [0, 0.05) is 38.8 Å². The fourth-order valence-electron chi connectivity index (χ4n) is 2.61. The van der Waals surface area contributed by atoms with Crippen LogP contribution in [0.1, 0.15) is 25.8 Å². The zero-order valence-corrected chi connectivity index (χ0v) is 12.4. The first-order valence-electron chi connectivity index (χ1n) is 7.32. The van der Waals surface area contributed by atoms with Crippen LogP contribution < -0.4 is 4.74 Å². The van der Waals surface area contributed by atoms with Gasteiger partial charge in [-0.25, -0.2) is 0 Å². The maximum atomic E-state index is 5.19. The standard InChI is InChI=1S/C16H26N2O/c1-4-14(2)18-11-9-17(10-12-18)13-15-5-7-16(19-3)8-6-15/h5-8,14H,4,9-13H2,1-3H3/t14-/m1/s1. The Balaban J connectivity index is 1.81. The van der Waals surface area contributed by atoms with Crippen molar-refractivity contribution in [1.82, 2.24) is 9.80 Å². The highest BCUT2D eigenvalue weighted by Crippen LogP contribution is 2.15. The van der Waals surface area contributed by atoms with E-state index in [2.05, 4.69) is 35.8 Å². The minimum atomic E-state index is 0.725. The van der Waals surface area contributed by atoms with E-state index in [1.807, 2.05) is 12.1 Å². The third-order valence-electron chi connectivity index (χ3n) is 4.19. The Hall–Kier alpha value is -1.06. The first-order valence-corrected chi connectivity index (χ1v) is 7.32. The third-order valence-corrected chi connectivity index (χ3v) is 4.19. The lowest BCUT2D eigenvalue weighted by atomic mass is 10.1. The lowest BCUT2D eigenvalue weighted by molar-refractivity contribution is 0.0963. The first kappa shape index (κ1) is 14.4. The summed E-state index contributed by atoms with van der Waals surface area (Å²) < 4.78 is 5.19. The molecule has 0 spiro atoms. The molecular formula is C16H26N2O. The molecule has 0 unspecified atom stereocenters. The molecular weight excluding hydrogens is 236 g/mol. The molecule has 0 amide bonds. The van der Waals surface area contributed by atoms with E-state index >= 15 is 0 Å². The van der Waals surface area contributed by atoms with Crippen LogP contribution in [0.15, 0.2) is 24.3 Å². The van der Waals surface area contributed by atoms with E-state index in [4.69, 9.17) is 4.74 Å². The molecule has 3 heteroatoms. The SMILES string of the molecule is CC[C@@H](C)N1CCN(Cc2ccc(OC)cc2)CC1. The predicted molar refractivity (Wildman–Crippen MR) is 79.6 cm³/mol. The Morgan fingerprint density at radius 1 is 1.11 bits per heavy atom. The van der Waals surface area contributed by atoms with Crippen molar-refractivity contribution in [2.45, 2.75) is 32.9 Å². The Morgan fingerprint density at radius 3 is 2.26 bits per heavy atom. The van der Waals surface area contributed by atoms with Crippen molar-refractivity contribution in [3.05, 3.63) is 29.8 Å². The van der Waals surface area contributed by atoms with Crippen LogP contribution in [-0.4, -0.2) is 49.1 Å². The number of hydrogen-bond donors (Lipinski definition) is 0. The van der Waals surface area contributed by atoms with E-state index in [0.29, 0.717) is 0 Å². The molecule has 1 saturated heterocycles. The van der Waals surface area contributed by atoms with Gasteiger partial charge in [0.2, 0.25) is 0 Å². The predicted octanol–water partition coefficient (Wildman–Crippen LogP) is 2.61. The highest BCUT2D eigenvalue weighted by molar-refractivity contribution is 5.27. The summed E-state index contributed by atoms with van der Waals surface area (Å²) in [5.41, 5.74) is 1.37. The molecule has 0 aliphatic carbocycles. The van der Waals surface area contributed by atoms with Gasteiger partial charge in [-0.15, -0.1) is 0 Å². The fourth-order valence-corrected chi connectivity index (χ4v) is 2.61. The van der Waals surface area contributed by atoms with Gasteiger partial charge < -0.3 is 4.74 Å². The number of rotatable bonds is 5. The van der Waals surface area contributed by atoms with Gasteiger partial charge in [-0.05, 0) is 31.0 Å². The van der Waals surface area contributed by atoms with Crippen LogP contribution in [0.2, 0.25) is 0 Å². The van der Waals surface area contributed by atoms with Gasteiger partial charge in [-0.1, -0.05) is 19.1 Å². The number of piperazine rings is 1. The number of hydrogen-bond acceptors (Lipinski definition) is 3. The summed E-state index contributed by atoms with van der Waals surface area (Å²) in [5.74, 6) is 0.935. The molecule has 3 nitrogen and oxygen atoms in total. The number of methoxy groups -OCH3 is 1.